The molecule has 1 aromatic carbocycles. The molecule has 110 valence electrons. The summed E-state index contributed by atoms with van der Waals surface area (Å²) in [5.74, 6) is 1.17. The first-order valence-electron chi connectivity index (χ1n) is 6.53. The van der Waals surface area contributed by atoms with Gasteiger partial charge in [-0.05, 0) is 19.1 Å². The summed E-state index contributed by atoms with van der Waals surface area (Å²) in [7, 11) is 1.78. The van der Waals surface area contributed by atoms with Gasteiger partial charge in [-0.2, -0.15) is 0 Å². The molecule has 7 heteroatoms. The van der Waals surface area contributed by atoms with Crippen LogP contribution in [-0.4, -0.2) is 31.2 Å². The van der Waals surface area contributed by atoms with E-state index in [0.717, 1.165) is 5.13 Å². The number of anilines is 2. The first-order valence-corrected chi connectivity index (χ1v) is 7.35. The summed E-state index contributed by atoms with van der Waals surface area (Å²) in [6.45, 7) is 2.88. The van der Waals surface area contributed by atoms with Gasteiger partial charge in [0, 0.05) is 18.8 Å². The van der Waals surface area contributed by atoms with Gasteiger partial charge >= 0.3 is 0 Å². The second-order valence-electron chi connectivity index (χ2n) is 4.50. The van der Waals surface area contributed by atoms with Gasteiger partial charge in [0.25, 0.3) is 5.91 Å². The molecule has 1 aliphatic rings. The highest BCUT2D eigenvalue weighted by molar-refractivity contribution is 7.17. The van der Waals surface area contributed by atoms with Crippen LogP contribution in [0.5, 0.6) is 11.5 Å². The summed E-state index contributed by atoms with van der Waals surface area (Å²) in [6, 6.07) is 5.35. The number of ether oxygens (including phenoxy) is 2. The lowest BCUT2D eigenvalue weighted by molar-refractivity contribution is 0.102. The van der Waals surface area contributed by atoms with E-state index < -0.39 is 0 Å². The van der Waals surface area contributed by atoms with Gasteiger partial charge in [-0.1, -0.05) is 11.3 Å². The summed E-state index contributed by atoms with van der Waals surface area (Å²) in [6.07, 6.45) is 0. The smallest absolute Gasteiger partial charge is 0.267 e. The van der Waals surface area contributed by atoms with Crippen LogP contribution < -0.4 is 20.1 Å². The molecule has 0 saturated heterocycles. The Morgan fingerprint density at radius 3 is 2.76 bits per heavy atom. The maximum atomic E-state index is 12.3. The monoisotopic (exact) mass is 305 g/mol. The van der Waals surface area contributed by atoms with Gasteiger partial charge in [0.05, 0.1) is 5.69 Å². The molecule has 0 bridgehead atoms. The van der Waals surface area contributed by atoms with Crippen LogP contribution in [0, 0.1) is 6.92 Å². The average Bonchev–Trinajstić information content (AvgIpc) is 2.88. The Morgan fingerprint density at radius 2 is 2.05 bits per heavy atom. The molecule has 0 atom stereocenters. The molecular weight excluding hydrogens is 290 g/mol. The van der Waals surface area contributed by atoms with Crippen molar-refractivity contribution in [1.29, 1.82) is 0 Å². The summed E-state index contributed by atoms with van der Waals surface area (Å²) < 4.78 is 11.0. The third-order valence-corrected chi connectivity index (χ3v) is 4.19. The average molecular weight is 305 g/mol. The summed E-state index contributed by atoms with van der Waals surface area (Å²) in [5.41, 5.74) is 1.38. The molecule has 2 N–H and O–H groups in total. The minimum absolute atomic E-state index is 0.178. The van der Waals surface area contributed by atoms with Crippen molar-refractivity contribution in [3.05, 3.63) is 28.8 Å². The first kappa shape index (κ1) is 13.7. The fraction of sp³-hybridized carbons (Fsp3) is 0.286. The third kappa shape index (κ3) is 2.78. The quantitative estimate of drug-likeness (QED) is 0.911. The number of nitrogens with zero attached hydrogens (tertiary/aromatic N) is 1. The normalized spacial score (nSPS) is 12.9. The van der Waals surface area contributed by atoms with Crippen LogP contribution in [0.3, 0.4) is 0 Å². The number of hydrogen-bond acceptors (Lipinski definition) is 6. The number of fused-ring (bicyclic) bond motifs is 1. The Kier molecular flexibility index (Phi) is 3.66. The van der Waals surface area contributed by atoms with Crippen molar-refractivity contribution in [3.8, 4) is 11.5 Å². The van der Waals surface area contributed by atoms with Crippen molar-refractivity contribution in [3.63, 3.8) is 0 Å². The van der Waals surface area contributed by atoms with Crippen LogP contribution >= 0.6 is 11.3 Å². The van der Waals surface area contributed by atoms with E-state index in [2.05, 4.69) is 15.6 Å². The number of benzene rings is 1. The van der Waals surface area contributed by atoms with Crippen LogP contribution in [0.25, 0.3) is 0 Å². The van der Waals surface area contributed by atoms with Crippen molar-refractivity contribution in [2.75, 3.05) is 30.9 Å². The summed E-state index contributed by atoms with van der Waals surface area (Å²) in [5, 5.41) is 6.52. The second kappa shape index (κ2) is 5.61. The molecule has 2 aromatic rings. The lowest BCUT2D eigenvalue weighted by Gasteiger charge is -2.18. The number of carbonyl (C=O) groups is 1. The zero-order chi connectivity index (χ0) is 14.8. The van der Waals surface area contributed by atoms with E-state index in [9.17, 15) is 4.79 Å². The Balaban J connectivity index is 1.79. The molecule has 6 nitrogen and oxygen atoms in total. The number of thiazole rings is 1. The number of carbonyl (C=O) groups excluding carboxylic acids is 1. The van der Waals surface area contributed by atoms with E-state index in [0.29, 0.717) is 41.0 Å². The number of aromatic nitrogens is 1. The van der Waals surface area contributed by atoms with Gasteiger partial charge in [-0.3, -0.25) is 4.79 Å². The van der Waals surface area contributed by atoms with Gasteiger partial charge in [-0.25, -0.2) is 4.98 Å². The van der Waals surface area contributed by atoms with Gasteiger partial charge in [-0.15, -0.1) is 0 Å². The lowest BCUT2D eigenvalue weighted by Crippen LogP contribution is -2.16. The van der Waals surface area contributed by atoms with E-state index in [1.165, 1.54) is 11.3 Å². The van der Waals surface area contributed by atoms with Gasteiger partial charge in [0.2, 0.25) is 0 Å². The van der Waals surface area contributed by atoms with Crippen LogP contribution in [0.15, 0.2) is 18.2 Å². The minimum Gasteiger partial charge on any atom is -0.486 e. The van der Waals surface area contributed by atoms with E-state index >= 15 is 0 Å². The highest BCUT2D eigenvalue weighted by Crippen LogP contribution is 2.33. The molecule has 0 spiro atoms. The first-order chi connectivity index (χ1) is 10.2. The van der Waals surface area contributed by atoms with Gasteiger partial charge in [0.15, 0.2) is 16.6 Å². The zero-order valence-electron chi connectivity index (χ0n) is 11.7. The maximum absolute atomic E-state index is 12.3. The van der Waals surface area contributed by atoms with Crippen molar-refractivity contribution < 1.29 is 14.3 Å². The molecule has 0 aliphatic carbocycles. The molecule has 0 saturated carbocycles. The summed E-state index contributed by atoms with van der Waals surface area (Å²) in [4.78, 5) is 17.1. The predicted molar refractivity (Wildman–Crippen MR) is 81.8 cm³/mol. The van der Waals surface area contributed by atoms with Gasteiger partial charge in [0.1, 0.15) is 18.1 Å². The number of nitrogens with one attached hydrogen (secondary N) is 2. The molecule has 0 unspecified atom stereocenters. The molecule has 0 fully saturated rings. The fourth-order valence-corrected chi connectivity index (χ4v) is 2.84. The standard InChI is InChI=1S/C14H15N3O3S/c1-8-12(21-14(15-2)16-8)13(18)17-9-3-4-10-11(7-9)20-6-5-19-10/h3-4,7H,5-6H2,1-2H3,(H,15,16)(H,17,18). The highest BCUT2D eigenvalue weighted by atomic mass is 32.1. The Hall–Kier alpha value is -2.28. The van der Waals surface area contributed by atoms with Crippen molar-refractivity contribution in [2.45, 2.75) is 6.92 Å². The third-order valence-electron chi connectivity index (χ3n) is 3.02. The molecule has 21 heavy (non-hydrogen) atoms. The lowest BCUT2D eigenvalue weighted by atomic mass is 10.2. The van der Waals surface area contributed by atoms with Crippen LogP contribution in [0.4, 0.5) is 10.8 Å². The van der Waals surface area contributed by atoms with Crippen molar-refractivity contribution in [2.24, 2.45) is 0 Å². The van der Waals surface area contributed by atoms with E-state index in [4.69, 9.17) is 9.47 Å². The van der Waals surface area contributed by atoms with Crippen LogP contribution in [-0.2, 0) is 0 Å². The number of aryl methyl sites for hydroxylation is 1. The molecule has 1 amide bonds. The SMILES string of the molecule is CNc1nc(C)c(C(=O)Nc2ccc3c(c2)OCCO3)s1. The predicted octanol–water partition coefficient (Wildman–Crippen LogP) is 2.52. The fourth-order valence-electron chi connectivity index (χ4n) is 2.02. The van der Waals surface area contributed by atoms with Crippen molar-refractivity contribution in [1.82, 2.24) is 4.98 Å². The van der Waals surface area contributed by atoms with Crippen LogP contribution in [0.2, 0.25) is 0 Å². The molecule has 1 aliphatic heterocycles. The molecule has 0 radical (unpaired) electrons. The topological polar surface area (TPSA) is 72.5 Å². The molecular formula is C14H15N3O3S. The maximum Gasteiger partial charge on any atom is 0.267 e. The second-order valence-corrected chi connectivity index (χ2v) is 5.50. The van der Waals surface area contributed by atoms with Gasteiger partial charge < -0.3 is 20.1 Å². The largest absolute Gasteiger partial charge is 0.486 e. The van der Waals surface area contributed by atoms with E-state index in [-0.39, 0.29) is 5.91 Å². The van der Waals surface area contributed by atoms with Crippen molar-refractivity contribution >= 4 is 28.1 Å². The molecule has 2 heterocycles. The number of amides is 1. The molecule has 1 aromatic heterocycles. The Bertz CT molecular complexity index is 684. The molecule has 3 rings (SSSR count). The Labute approximate surface area is 126 Å². The highest BCUT2D eigenvalue weighted by Gasteiger charge is 2.17. The zero-order valence-corrected chi connectivity index (χ0v) is 12.5. The minimum atomic E-state index is -0.178. The number of rotatable bonds is 3. The Morgan fingerprint density at radius 1 is 1.29 bits per heavy atom. The van der Waals surface area contributed by atoms with E-state index in [1.54, 1.807) is 25.2 Å². The van der Waals surface area contributed by atoms with Crippen LogP contribution in [0.1, 0.15) is 15.4 Å². The summed E-state index contributed by atoms with van der Waals surface area (Å²) >= 11 is 1.33. The van der Waals surface area contributed by atoms with E-state index in [1.807, 2.05) is 6.92 Å². The number of hydrogen-bond donors (Lipinski definition) is 2.